The summed E-state index contributed by atoms with van der Waals surface area (Å²) in [5.74, 6) is -0.460. The van der Waals surface area contributed by atoms with Crippen molar-refractivity contribution in [1.82, 2.24) is 4.31 Å². The van der Waals surface area contributed by atoms with Crippen LogP contribution >= 0.6 is 0 Å². The molecule has 0 saturated carbocycles. The number of carbonyl (C=O) groups is 1. The van der Waals surface area contributed by atoms with Gasteiger partial charge in [0, 0.05) is 18.8 Å². The number of halogens is 1. The van der Waals surface area contributed by atoms with Gasteiger partial charge in [0.05, 0.1) is 4.90 Å². The van der Waals surface area contributed by atoms with Crippen LogP contribution in [0.4, 0.5) is 10.1 Å². The van der Waals surface area contributed by atoms with Gasteiger partial charge in [-0.25, -0.2) is 12.8 Å². The minimum Gasteiger partial charge on any atom is -0.481 e. The Balaban J connectivity index is 1.68. The number of carbonyl (C=O) groups excluding carboxylic acids is 1. The van der Waals surface area contributed by atoms with Gasteiger partial charge in [-0.3, -0.25) is 4.79 Å². The molecule has 1 aliphatic heterocycles. The first-order valence-electron chi connectivity index (χ1n) is 9.19. The van der Waals surface area contributed by atoms with Gasteiger partial charge in [0.1, 0.15) is 11.6 Å². The molecule has 1 saturated heterocycles. The number of hydrogen-bond acceptors (Lipinski definition) is 4. The molecule has 2 aromatic carbocycles. The first kappa shape index (κ1) is 20.3. The van der Waals surface area contributed by atoms with Crippen molar-refractivity contribution in [2.75, 3.05) is 18.4 Å². The SMILES string of the molecule is C[C@@H](Oc1ccc(F)cc1)C(=O)Nc1cccc(S(=O)(=O)N2CCCCC2)c1. The Bertz CT molecular complexity index is 925. The number of sulfonamides is 1. The van der Waals surface area contributed by atoms with E-state index in [2.05, 4.69) is 5.32 Å². The number of amides is 1. The number of ether oxygens (including phenoxy) is 1. The molecule has 3 rings (SSSR count). The Hall–Kier alpha value is -2.45. The van der Waals surface area contributed by atoms with Crippen LogP contribution in [-0.2, 0) is 14.8 Å². The summed E-state index contributed by atoms with van der Waals surface area (Å²) in [5, 5.41) is 2.67. The number of nitrogens with one attached hydrogen (secondary N) is 1. The zero-order valence-electron chi connectivity index (χ0n) is 15.6. The summed E-state index contributed by atoms with van der Waals surface area (Å²) >= 11 is 0. The van der Waals surface area contributed by atoms with Crippen LogP contribution in [0, 0.1) is 5.82 Å². The molecule has 28 heavy (non-hydrogen) atoms. The van der Waals surface area contributed by atoms with Gasteiger partial charge in [0.15, 0.2) is 6.10 Å². The highest BCUT2D eigenvalue weighted by Crippen LogP contribution is 2.23. The summed E-state index contributed by atoms with van der Waals surface area (Å²) < 4.78 is 45.5. The lowest BCUT2D eigenvalue weighted by Gasteiger charge is -2.26. The molecule has 1 amide bonds. The van der Waals surface area contributed by atoms with E-state index in [-0.39, 0.29) is 4.90 Å². The molecule has 150 valence electrons. The molecule has 1 aliphatic rings. The van der Waals surface area contributed by atoms with Gasteiger partial charge in [-0.1, -0.05) is 12.5 Å². The van der Waals surface area contributed by atoms with Crippen molar-refractivity contribution in [3.8, 4) is 5.75 Å². The lowest BCUT2D eigenvalue weighted by atomic mass is 10.2. The molecule has 0 radical (unpaired) electrons. The molecular formula is C20H23FN2O4S. The predicted octanol–water partition coefficient (Wildman–Crippen LogP) is 3.41. The number of anilines is 1. The lowest BCUT2D eigenvalue weighted by molar-refractivity contribution is -0.122. The summed E-state index contributed by atoms with van der Waals surface area (Å²) in [6.45, 7) is 2.59. The minimum absolute atomic E-state index is 0.152. The molecule has 1 atom stereocenters. The fourth-order valence-electron chi connectivity index (χ4n) is 3.00. The lowest BCUT2D eigenvalue weighted by Crippen LogP contribution is -2.35. The first-order chi connectivity index (χ1) is 13.4. The van der Waals surface area contributed by atoms with E-state index in [9.17, 15) is 17.6 Å². The van der Waals surface area contributed by atoms with Crippen molar-refractivity contribution in [2.45, 2.75) is 37.2 Å². The van der Waals surface area contributed by atoms with Crippen molar-refractivity contribution < 1.29 is 22.3 Å². The molecular weight excluding hydrogens is 383 g/mol. The number of piperidine rings is 1. The predicted molar refractivity (Wildman–Crippen MR) is 104 cm³/mol. The fourth-order valence-corrected chi connectivity index (χ4v) is 4.57. The average molecular weight is 406 g/mol. The smallest absolute Gasteiger partial charge is 0.265 e. The van der Waals surface area contributed by atoms with Gasteiger partial charge in [-0.05, 0) is 62.2 Å². The molecule has 0 aliphatic carbocycles. The molecule has 0 bridgehead atoms. The van der Waals surface area contributed by atoms with Crippen LogP contribution in [0.1, 0.15) is 26.2 Å². The van der Waals surface area contributed by atoms with E-state index in [1.807, 2.05) is 0 Å². The third kappa shape index (κ3) is 4.88. The molecule has 0 unspecified atom stereocenters. The maximum absolute atomic E-state index is 13.0. The minimum atomic E-state index is -3.58. The topological polar surface area (TPSA) is 75.7 Å². The molecule has 8 heteroatoms. The molecule has 1 heterocycles. The van der Waals surface area contributed by atoms with Gasteiger partial charge in [0.25, 0.3) is 5.91 Å². The van der Waals surface area contributed by atoms with Gasteiger partial charge < -0.3 is 10.1 Å². The Kier molecular flexibility index (Phi) is 6.31. The molecule has 2 aromatic rings. The average Bonchev–Trinajstić information content (AvgIpc) is 2.70. The van der Waals surface area contributed by atoms with E-state index < -0.39 is 27.9 Å². The van der Waals surface area contributed by atoms with Gasteiger partial charge >= 0.3 is 0 Å². The standard InChI is InChI=1S/C20H23FN2O4S/c1-15(27-18-10-8-16(21)9-11-18)20(24)22-17-6-5-7-19(14-17)28(25,26)23-12-3-2-4-13-23/h5-11,14-15H,2-4,12-13H2,1H3,(H,22,24)/t15-/m1/s1. The summed E-state index contributed by atoms with van der Waals surface area (Å²) in [4.78, 5) is 12.5. The van der Waals surface area contributed by atoms with Gasteiger partial charge in [-0.2, -0.15) is 4.31 Å². The maximum Gasteiger partial charge on any atom is 0.265 e. The monoisotopic (exact) mass is 406 g/mol. The first-order valence-corrected chi connectivity index (χ1v) is 10.6. The van der Waals surface area contributed by atoms with Crippen LogP contribution in [0.2, 0.25) is 0 Å². The van der Waals surface area contributed by atoms with Crippen molar-refractivity contribution in [3.63, 3.8) is 0 Å². The highest BCUT2D eigenvalue weighted by atomic mass is 32.2. The Morgan fingerprint density at radius 2 is 1.79 bits per heavy atom. The van der Waals surface area contributed by atoms with Crippen molar-refractivity contribution in [1.29, 1.82) is 0 Å². The van der Waals surface area contributed by atoms with Crippen LogP contribution in [0.15, 0.2) is 53.4 Å². The Morgan fingerprint density at radius 1 is 1.11 bits per heavy atom. The number of hydrogen-bond donors (Lipinski definition) is 1. The van der Waals surface area contributed by atoms with E-state index in [0.29, 0.717) is 24.5 Å². The van der Waals surface area contributed by atoms with Gasteiger partial charge in [-0.15, -0.1) is 0 Å². The van der Waals surface area contributed by atoms with Crippen LogP contribution in [0.25, 0.3) is 0 Å². The third-order valence-electron chi connectivity index (χ3n) is 4.55. The maximum atomic E-state index is 13.0. The van der Waals surface area contributed by atoms with Crippen LogP contribution in [-0.4, -0.2) is 37.8 Å². The van der Waals surface area contributed by atoms with Crippen LogP contribution < -0.4 is 10.1 Å². The van der Waals surface area contributed by atoms with Crippen molar-refractivity contribution >= 4 is 21.6 Å². The Morgan fingerprint density at radius 3 is 2.46 bits per heavy atom. The zero-order chi connectivity index (χ0) is 20.1. The highest BCUT2D eigenvalue weighted by molar-refractivity contribution is 7.89. The summed E-state index contributed by atoms with van der Waals surface area (Å²) in [6, 6.07) is 11.6. The van der Waals surface area contributed by atoms with Crippen molar-refractivity contribution in [2.24, 2.45) is 0 Å². The number of benzene rings is 2. The molecule has 1 N–H and O–H groups in total. The number of nitrogens with zero attached hydrogens (tertiary/aromatic N) is 1. The van der Waals surface area contributed by atoms with E-state index in [0.717, 1.165) is 19.3 Å². The van der Waals surface area contributed by atoms with Crippen LogP contribution in [0.3, 0.4) is 0 Å². The quantitative estimate of drug-likeness (QED) is 0.798. The van der Waals surface area contributed by atoms with E-state index in [4.69, 9.17) is 4.74 Å². The summed E-state index contributed by atoms with van der Waals surface area (Å²) in [7, 11) is -3.58. The van der Waals surface area contributed by atoms with E-state index in [1.165, 1.54) is 40.7 Å². The normalized spacial score (nSPS) is 16.4. The zero-order valence-corrected chi connectivity index (χ0v) is 16.4. The number of rotatable bonds is 6. The second-order valence-corrected chi connectivity index (χ2v) is 8.63. The third-order valence-corrected chi connectivity index (χ3v) is 6.44. The molecule has 1 fully saturated rings. The van der Waals surface area contributed by atoms with E-state index >= 15 is 0 Å². The highest BCUT2D eigenvalue weighted by Gasteiger charge is 2.26. The molecule has 0 spiro atoms. The second kappa shape index (κ2) is 8.70. The van der Waals surface area contributed by atoms with Crippen LogP contribution in [0.5, 0.6) is 5.75 Å². The largest absolute Gasteiger partial charge is 0.481 e. The molecule has 0 aromatic heterocycles. The van der Waals surface area contributed by atoms with Gasteiger partial charge in [0.2, 0.25) is 10.0 Å². The summed E-state index contributed by atoms with van der Waals surface area (Å²) in [5.41, 5.74) is 0.373. The Labute approximate surface area is 164 Å². The fraction of sp³-hybridized carbons (Fsp3) is 0.350. The molecule has 6 nitrogen and oxygen atoms in total. The van der Waals surface area contributed by atoms with Crippen molar-refractivity contribution in [3.05, 3.63) is 54.3 Å². The van der Waals surface area contributed by atoms with E-state index in [1.54, 1.807) is 19.1 Å². The summed E-state index contributed by atoms with van der Waals surface area (Å²) in [6.07, 6.45) is 1.91. The second-order valence-electron chi connectivity index (χ2n) is 6.70.